The molecule has 0 aliphatic rings. The molecule has 1 atom stereocenters. The van der Waals surface area contributed by atoms with Crippen LogP contribution in [0.4, 0.5) is 0 Å². The second-order valence-electron chi connectivity index (χ2n) is 6.63. The monoisotopic (exact) mass is 261 g/mol. The van der Waals surface area contributed by atoms with Crippen LogP contribution in [0.2, 0.25) is 0 Å². The molecule has 1 aromatic rings. The first-order chi connectivity index (χ1) is 8.95. The molecule has 1 unspecified atom stereocenters. The van der Waals surface area contributed by atoms with Crippen molar-refractivity contribution in [2.24, 2.45) is 0 Å². The molecule has 1 nitrogen and oxygen atoms in total. The predicted molar refractivity (Wildman–Crippen MR) is 85.3 cm³/mol. The number of hydrogen-bond acceptors (Lipinski definition) is 1. The van der Waals surface area contributed by atoms with Crippen molar-refractivity contribution in [1.82, 2.24) is 4.90 Å². The van der Waals surface area contributed by atoms with Gasteiger partial charge in [-0.3, -0.25) is 4.90 Å². The number of benzene rings is 1. The third kappa shape index (κ3) is 5.78. The minimum atomic E-state index is 0.224. The molecule has 1 aromatic carbocycles. The highest BCUT2D eigenvalue weighted by Crippen LogP contribution is 2.23. The number of hydrogen-bond donors (Lipinski definition) is 0. The van der Waals surface area contributed by atoms with Crippen molar-refractivity contribution in [2.75, 3.05) is 0 Å². The fourth-order valence-corrected chi connectivity index (χ4v) is 2.68. The lowest BCUT2D eigenvalue weighted by Crippen LogP contribution is -2.46. The molecule has 108 valence electrons. The summed E-state index contributed by atoms with van der Waals surface area (Å²) in [6.45, 7) is 12.7. The second kappa shape index (κ2) is 7.69. The van der Waals surface area contributed by atoms with E-state index in [0.29, 0.717) is 6.04 Å². The van der Waals surface area contributed by atoms with E-state index in [1.165, 1.54) is 31.2 Å². The van der Waals surface area contributed by atoms with Crippen LogP contribution in [-0.2, 0) is 6.54 Å². The summed E-state index contributed by atoms with van der Waals surface area (Å²) in [5.74, 6) is 0. The first-order valence-electron chi connectivity index (χ1n) is 7.75. The van der Waals surface area contributed by atoms with Gasteiger partial charge in [-0.05, 0) is 39.7 Å². The van der Waals surface area contributed by atoms with Gasteiger partial charge in [-0.2, -0.15) is 0 Å². The molecule has 0 aliphatic carbocycles. The average Bonchev–Trinajstić information content (AvgIpc) is 2.36. The molecule has 1 rings (SSSR count). The van der Waals surface area contributed by atoms with Crippen molar-refractivity contribution in [3.63, 3.8) is 0 Å². The molecule has 0 N–H and O–H groups in total. The Bertz CT molecular complexity index is 336. The molecule has 0 fully saturated rings. The van der Waals surface area contributed by atoms with Crippen molar-refractivity contribution < 1.29 is 0 Å². The maximum Gasteiger partial charge on any atom is 0.0241 e. The van der Waals surface area contributed by atoms with Crippen LogP contribution in [0.3, 0.4) is 0 Å². The fourth-order valence-electron chi connectivity index (χ4n) is 2.68. The van der Waals surface area contributed by atoms with E-state index in [9.17, 15) is 0 Å². The third-order valence-electron chi connectivity index (χ3n) is 3.81. The van der Waals surface area contributed by atoms with E-state index in [1.54, 1.807) is 0 Å². The molecule has 0 heterocycles. The van der Waals surface area contributed by atoms with Crippen molar-refractivity contribution in [3.05, 3.63) is 35.9 Å². The zero-order valence-corrected chi connectivity index (χ0v) is 13.4. The lowest BCUT2D eigenvalue weighted by molar-refractivity contribution is 0.0754. The molecular weight excluding hydrogens is 230 g/mol. The van der Waals surface area contributed by atoms with Gasteiger partial charge in [0.2, 0.25) is 0 Å². The van der Waals surface area contributed by atoms with Crippen LogP contribution >= 0.6 is 0 Å². The molecule has 0 aromatic heterocycles. The normalized spacial score (nSPS) is 13.8. The standard InChI is InChI=1S/C18H31N/c1-6-7-9-12-16(2)19(18(3,4)5)15-17-13-10-8-11-14-17/h8,10-11,13-14,16H,6-7,9,12,15H2,1-5H3. The summed E-state index contributed by atoms with van der Waals surface area (Å²) in [7, 11) is 0. The van der Waals surface area contributed by atoms with E-state index in [2.05, 4.69) is 69.9 Å². The predicted octanol–water partition coefficient (Wildman–Crippen LogP) is 5.26. The first kappa shape index (κ1) is 16.2. The van der Waals surface area contributed by atoms with E-state index >= 15 is 0 Å². The quantitative estimate of drug-likeness (QED) is 0.605. The highest BCUT2D eigenvalue weighted by Gasteiger charge is 2.25. The van der Waals surface area contributed by atoms with E-state index in [1.807, 2.05) is 0 Å². The van der Waals surface area contributed by atoms with Crippen LogP contribution in [0.25, 0.3) is 0 Å². The molecule has 0 bridgehead atoms. The topological polar surface area (TPSA) is 3.24 Å². The molecule has 0 amide bonds. The Morgan fingerprint density at radius 1 is 1.05 bits per heavy atom. The Balaban J connectivity index is 2.67. The fraction of sp³-hybridized carbons (Fsp3) is 0.667. The molecule has 0 saturated heterocycles. The Morgan fingerprint density at radius 3 is 2.21 bits per heavy atom. The highest BCUT2D eigenvalue weighted by atomic mass is 15.2. The van der Waals surface area contributed by atoms with Gasteiger partial charge in [0.15, 0.2) is 0 Å². The maximum atomic E-state index is 2.64. The van der Waals surface area contributed by atoms with Crippen molar-refractivity contribution >= 4 is 0 Å². The summed E-state index contributed by atoms with van der Waals surface area (Å²) < 4.78 is 0. The van der Waals surface area contributed by atoms with E-state index in [-0.39, 0.29) is 5.54 Å². The van der Waals surface area contributed by atoms with E-state index in [0.717, 1.165) is 6.54 Å². The SMILES string of the molecule is CCCCCC(C)N(Cc1ccccc1)C(C)(C)C. The van der Waals surface area contributed by atoms with Crippen LogP contribution in [0.5, 0.6) is 0 Å². The van der Waals surface area contributed by atoms with Crippen molar-refractivity contribution in [3.8, 4) is 0 Å². The third-order valence-corrected chi connectivity index (χ3v) is 3.81. The van der Waals surface area contributed by atoms with E-state index < -0.39 is 0 Å². The Hall–Kier alpha value is -0.820. The summed E-state index contributed by atoms with van der Waals surface area (Å²) in [5.41, 5.74) is 1.64. The average molecular weight is 261 g/mol. The van der Waals surface area contributed by atoms with Crippen molar-refractivity contribution in [1.29, 1.82) is 0 Å². The van der Waals surface area contributed by atoms with Gasteiger partial charge in [-0.1, -0.05) is 56.5 Å². The zero-order chi connectivity index (χ0) is 14.3. The molecule has 0 radical (unpaired) electrons. The van der Waals surface area contributed by atoms with Gasteiger partial charge < -0.3 is 0 Å². The van der Waals surface area contributed by atoms with Crippen LogP contribution < -0.4 is 0 Å². The van der Waals surface area contributed by atoms with E-state index in [4.69, 9.17) is 0 Å². The lowest BCUT2D eigenvalue weighted by atomic mass is 9.98. The lowest BCUT2D eigenvalue weighted by Gasteiger charge is -2.40. The summed E-state index contributed by atoms with van der Waals surface area (Å²) >= 11 is 0. The Morgan fingerprint density at radius 2 is 1.68 bits per heavy atom. The smallest absolute Gasteiger partial charge is 0.0241 e. The summed E-state index contributed by atoms with van der Waals surface area (Å²) in [5, 5.41) is 0. The largest absolute Gasteiger partial charge is 0.292 e. The van der Waals surface area contributed by atoms with Gasteiger partial charge >= 0.3 is 0 Å². The molecule has 19 heavy (non-hydrogen) atoms. The van der Waals surface area contributed by atoms with Crippen molar-refractivity contribution in [2.45, 2.75) is 78.4 Å². The maximum absolute atomic E-state index is 2.64. The highest BCUT2D eigenvalue weighted by molar-refractivity contribution is 5.15. The van der Waals surface area contributed by atoms with Gasteiger partial charge in [-0.15, -0.1) is 0 Å². The van der Waals surface area contributed by atoms with Gasteiger partial charge in [0.05, 0.1) is 0 Å². The number of nitrogens with zero attached hydrogens (tertiary/aromatic N) is 1. The molecular formula is C18H31N. The Labute approximate surface area is 120 Å². The molecule has 0 saturated carbocycles. The Kier molecular flexibility index (Phi) is 6.57. The summed E-state index contributed by atoms with van der Waals surface area (Å²) in [6.07, 6.45) is 5.31. The minimum absolute atomic E-state index is 0.224. The second-order valence-corrected chi connectivity index (χ2v) is 6.63. The number of unbranched alkanes of at least 4 members (excludes halogenated alkanes) is 2. The minimum Gasteiger partial charge on any atom is -0.292 e. The summed E-state index contributed by atoms with van der Waals surface area (Å²) in [4.78, 5) is 2.64. The van der Waals surface area contributed by atoms with Gasteiger partial charge in [0, 0.05) is 18.1 Å². The molecule has 1 heteroatoms. The van der Waals surface area contributed by atoms with Crippen LogP contribution in [-0.4, -0.2) is 16.5 Å². The van der Waals surface area contributed by atoms with Crippen LogP contribution in [0.1, 0.15) is 65.9 Å². The van der Waals surface area contributed by atoms with Gasteiger partial charge in [-0.25, -0.2) is 0 Å². The van der Waals surface area contributed by atoms with Gasteiger partial charge in [0.1, 0.15) is 0 Å². The summed E-state index contributed by atoms with van der Waals surface area (Å²) in [6, 6.07) is 11.5. The first-order valence-corrected chi connectivity index (χ1v) is 7.75. The zero-order valence-electron chi connectivity index (χ0n) is 13.4. The van der Waals surface area contributed by atoms with Gasteiger partial charge in [0.25, 0.3) is 0 Å². The molecule has 0 aliphatic heterocycles. The van der Waals surface area contributed by atoms with Crippen LogP contribution in [0.15, 0.2) is 30.3 Å². The van der Waals surface area contributed by atoms with Crippen LogP contribution in [0, 0.1) is 0 Å². The molecule has 0 spiro atoms. The number of rotatable bonds is 7.